The van der Waals surface area contributed by atoms with Gasteiger partial charge in [-0.3, -0.25) is 4.79 Å². The zero-order valence-corrected chi connectivity index (χ0v) is 9.00. The summed E-state index contributed by atoms with van der Waals surface area (Å²) in [5.74, 6) is -1.11. The summed E-state index contributed by atoms with van der Waals surface area (Å²) in [5, 5.41) is 11.4. The number of carboxylic acid groups (broad SMARTS) is 1. The molecule has 5 heteroatoms. The Morgan fingerprint density at radius 3 is 2.47 bits per heavy atom. The van der Waals surface area contributed by atoms with E-state index in [0.717, 1.165) is 5.69 Å². The van der Waals surface area contributed by atoms with Gasteiger partial charge in [0.25, 0.3) is 0 Å². The Hall–Kier alpha value is -1.78. The molecular weight excluding hydrogens is 196 g/mol. The van der Waals surface area contributed by atoms with E-state index in [0.29, 0.717) is 5.69 Å². The van der Waals surface area contributed by atoms with Crippen molar-refractivity contribution in [3.05, 3.63) is 23.0 Å². The van der Waals surface area contributed by atoms with E-state index in [-0.39, 0.29) is 18.0 Å². The van der Waals surface area contributed by atoms with Gasteiger partial charge in [0.15, 0.2) is 0 Å². The monoisotopic (exact) mass is 210 g/mol. The molecule has 1 aromatic heterocycles. The van der Waals surface area contributed by atoms with E-state index in [4.69, 9.17) is 5.11 Å². The minimum absolute atomic E-state index is 0.145. The molecule has 0 aliphatic carbocycles. The molecule has 82 valence electrons. The Balaban J connectivity index is 3.08. The van der Waals surface area contributed by atoms with E-state index in [1.54, 1.807) is 31.5 Å². The van der Waals surface area contributed by atoms with Crippen LogP contribution in [0.3, 0.4) is 0 Å². The molecule has 1 heterocycles. The van der Waals surface area contributed by atoms with Crippen LogP contribution in [-0.4, -0.2) is 28.6 Å². The lowest BCUT2D eigenvalue weighted by Crippen LogP contribution is -2.24. The Morgan fingerprint density at radius 1 is 1.47 bits per heavy atom. The number of carbonyl (C=O) groups is 2. The van der Waals surface area contributed by atoms with Crippen LogP contribution < -0.4 is 5.32 Å². The highest BCUT2D eigenvalue weighted by Gasteiger charge is 2.15. The van der Waals surface area contributed by atoms with E-state index in [2.05, 4.69) is 5.32 Å². The molecule has 2 N–H and O–H groups in total. The van der Waals surface area contributed by atoms with Crippen molar-refractivity contribution in [3.63, 3.8) is 0 Å². The van der Waals surface area contributed by atoms with Gasteiger partial charge in [0, 0.05) is 18.4 Å². The van der Waals surface area contributed by atoms with Crippen LogP contribution in [0.25, 0.3) is 0 Å². The number of likely N-dealkylation sites (N-methyl/N-ethyl adjacent to an activating group) is 1. The quantitative estimate of drug-likeness (QED) is 0.765. The average Bonchev–Trinajstić information content (AvgIpc) is 2.45. The predicted molar refractivity (Wildman–Crippen MR) is 54.9 cm³/mol. The number of hydrogen-bond donors (Lipinski definition) is 2. The van der Waals surface area contributed by atoms with Crippen LogP contribution in [0.1, 0.15) is 21.7 Å². The molecule has 0 atom stereocenters. The largest absolute Gasteiger partial charge is 0.478 e. The van der Waals surface area contributed by atoms with Gasteiger partial charge in [-0.15, -0.1) is 0 Å². The maximum atomic E-state index is 11.2. The Bertz CT molecular complexity index is 407. The molecule has 0 saturated heterocycles. The standard InChI is InChI=1S/C10H14N2O3/c1-6-4-8(10(14)15)7(2)12(6)5-9(13)11-3/h4H,5H2,1-3H3,(H,11,13)(H,14,15). The Morgan fingerprint density at radius 2 is 2.07 bits per heavy atom. The molecule has 1 rings (SSSR count). The second-order valence-electron chi connectivity index (χ2n) is 3.35. The number of rotatable bonds is 3. The van der Waals surface area contributed by atoms with Crippen molar-refractivity contribution in [2.24, 2.45) is 0 Å². The summed E-state index contributed by atoms with van der Waals surface area (Å²) < 4.78 is 1.68. The summed E-state index contributed by atoms with van der Waals surface area (Å²) >= 11 is 0. The van der Waals surface area contributed by atoms with Gasteiger partial charge in [0.1, 0.15) is 6.54 Å². The average molecular weight is 210 g/mol. The van der Waals surface area contributed by atoms with Gasteiger partial charge >= 0.3 is 5.97 Å². The molecule has 5 nitrogen and oxygen atoms in total. The fourth-order valence-electron chi connectivity index (χ4n) is 1.48. The fourth-order valence-corrected chi connectivity index (χ4v) is 1.48. The minimum atomic E-state index is -0.966. The lowest BCUT2D eigenvalue weighted by Gasteiger charge is -2.07. The molecule has 0 fully saturated rings. The number of aryl methyl sites for hydroxylation is 1. The molecule has 0 radical (unpaired) electrons. The van der Waals surface area contributed by atoms with Crippen LogP contribution in [0.15, 0.2) is 6.07 Å². The van der Waals surface area contributed by atoms with E-state index in [9.17, 15) is 9.59 Å². The van der Waals surface area contributed by atoms with Crippen molar-refractivity contribution in [2.45, 2.75) is 20.4 Å². The van der Waals surface area contributed by atoms with Crippen molar-refractivity contribution in [2.75, 3.05) is 7.05 Å². The Kier molecular flexibility index (Phi) is 3.14. The van der Waals surface area contributed by atoms with E-state index in [1.807, 2.05) is 0 Å². The van der Waals surface area contributed by atoms with E-state index >= 15 is 0 Å². The zero-order chi connectivity index (χ0) is 11.6. The van der Waals surface area contributed by atoms with E-state index in [1.165, 1.54) is 0 Å². The van der Waals surface area contributed by atoms with E-state index < -0.39 is 5.97 Å². The van der Waals surface area contributed by atoms with Crippen molar-refractivity contribution >= 4 is 11.9 Å². The number of carboxylic acids is 1. The first-order valence-electron chi connectivity index (χ1n) is 4.58. The maximum absolute atomic E-state index is 11.2. The molecule has 0 unspecified atom stereocenters. The number of hydrogen-bond acceptors (Lipinski definition) is 2. The highest BCUT2D eigenvalue weighted by atomic mass is 16.4. The minimum Gasteiger partial charge on any atom is -0.478 e. The first-order valence-corrected chi connectivity index (χ1v) is 4.58. The molecule has 0 saturated carbocycles. The molecule has 0 aromatic carbocycles. The van der Waals surface area contributed by atoms with Crippen molar-refractivity contribution in [3.8, 4) is 0 Å². The number of nitrogens with zero attached hydrogens (tertiary/aromatic N) is 1. The summed E-state index contributed by atoms with van der Waals surface area (Å²) in [6, 6.07) is 1.57. The molecule has 0 spiro atoms. The Labute approximate surface area is 87.7 Å². The van der Waals surface area contributed by atoms with Crippen LogP contribution in [0.5, 0.6) is 0 Å². The third kappa shape index (κ3) is 2.18. The second-order valence-corrected chi connectivity index (χ2v) is 3.35. The normalized spacial score (nSPS) is 10.1. The van der Waals surface area contributed by atoms with Gasteiger partial charge in [0.2, 0.25) is 5.91 Å². The number of amides is 1. The molecule has 1 amide bonds. The third-order valence-electron chi connectivity index (χ3n) is 2.38. The lowest BCUT2D eigenvalue weighted by atomic mass is 10.2. The first kappa shape index (κ1) is 11.3. The van der Waals surface area contributed by atoms with Gasteiger partial charge in [-0.2, -0.15) is 0 Å². The molecule has 0 bridgehead atoms. The summed E-state index contributed by atoms with van der Waals surface area (Å²) in [6.45, 7) is 3.63. The molecule has 1 aromatic rings. The van der Waals surface area contributed by atoms with Crippen LogP contribution in [0, 0.1) is 13.8 Å². The van der Waals surface area contributed by atoms with Crippen LogP contribution >= 0.6 is 0 Å². The van der Waals surface area contributed by atoms with Crippen molar-refractivity contribution in [1.82, 2.24) is 9.88 Å². The zero-order valence-electron chi connectivity index (χ0n) is 9.00. The maximum Gasteiger partial charge on any atom is 0.337 e. The van der Waals surface area contributed by atoms with Gasteiger partial charge in [-0.05, 0) is 19.9 Å². The van der Waals surface area contributed by atoms with Gasteiger partial charge in [-0.1, -0.05) is 0 Å². The molecular formula is C10H14N2O3. The second kappa shape index (κ2) is 4.16. The molecule has 0 aliphatic heterocycles. The summed E-state index contributed by atoms with van der Waals surface area (Å²) in [7, 11) is 1.55. The topological polar surface area (TPSA) is 71.3 Å². The van der Waals surface area contributed by atoms with Crippen molar-refractivity contribution < 1.29 is 14.7 Å². The van der Waals surface area contributed by atoms with Gasteiger partial charge in [0.05, 0.1) is 5.56 Å². The van der Waals surface area contributed by atoms with Gasteiger partial charge in [-0.25, -0.2) is 4.79 Å². The molecule has 15 heavy (non-hydrogen) atoms. The number of aromatic carboxylic acids is 1. The number of carbonyl (C=O) groups excluding carboxylic acids is 1. The number of nitrogens with one attached hydrogen (secondary N) is 1. The lowest BCUT2D eigenvalue weighted by molar-refractivity contribution is -0.121. The highest BCUT2D eigenvalue weighted by molar-refractivity contribution is 5.89. The summed E-state index contributed by atoms with van der Waals surface area (Å²) in [6.07, 6.45) is 0. The van der Waals surface area contributed by atoms with Crippen LogP contribution in [0.2, 0.25) is 0 Å². The highest BCUT2D eigenvalue weighted by Crippen LogP contribution is 2.14. The fraction of sp³-hybridized carbons (Fsp3) is 0.400. The van der Waals surface area contributed by atoms with Crippen molar-refractivity contribution in [1.29, 1.82) is 0 Å². The number of aromatic nitrogens is 1. The smallest absolute Gasteiger partial charge is 0.337 e. The van der Waals surface area contributed by atoms with Gasteiger partial charge < -0.3 is 15.0 Å². The predicted octanol–water partition coefficient (Wildman–Crippen LogP) is 0.549. The first-order chi connectivity index (χ1) is 6.97. The SMILES string of the molecule is CNC(=O)Cn1c(C)cc(C(=O)O)c1C. The van der Waals surface area contributed by atoms with Crippen LogP contribution in [-0.2, 0) is 11.3 Å². The summed E-state index contributed by atoms with van der Waals surface area (Å²) in [4.78, 5) is 22.0. The molecule has 0 aliphatic rings. The summed E-state index contributed by atoms with van der Waals surface area (Å²) in [5.41, 5.74) is 1.62. The van der Waals surface area contributed by atoms with Crippen LogP contribution in [0.4, 0.5) is 0 Å². The third-order valence-corrected chi connectivity index (χ3v) is 2.38.